The second kappa shape index (κ2) is 7.36. The summed E-state index contributed by atoms with van der Waals surface area (Å²) in [7, 11) is 0. The Morgan fingerprint density at radius 3 is 2.37 bits per heavy atom. The first-order valence-corrected chi connectivity index (χ1v) is 10.1. The van der Waals surface area contributed by atoms with E-state index in [0.29, 0.717) is 29.8 Å². The summed E-state index contributed by atoms with van der Waals surface area (Å²) < 4.78 is 7.14. The number of hydrogen-bond donors (Lipinski definition) is 5. The third-order valence-electron chi connectivity index (χ3n) is 6.13. The molecule has 11 heteroatoms. The van der Waals surface area contributed by atoms with Gasteiger partial charge >= 0.3 is 0 Å². The zero-order chi connectivity index (χ0) is 21.8. The molecule has 0 bridgehead atoms. The van der Waals surface area contributed by atoms with Crippen molar-refractivity contribution in [2.45, 2.75) is 82.2 Å². The third-order valence-corrected chi connectivity index (χ3v) is 6.13. The van der Waals surface area contributed by atoms with Crippen molar-refractivity contribution < 1.29 is 25.3 Å². The van der Waals surface area contributed by atoms with E-state index in [1.165, 1.54) is 22.3 Å². The molecule has 0 spiro atoms. The molecule has 0 saturated carbocycles. The van der Waals surface area contributed by atoms with Crippen LogP contribution in [0, 0.1) is 0 Å². The molecule has 30 heavy (non-hydrogen) atoms. The average molecular weight is 422 g/mol. The van der Waals surface area contributed by atoms with Crippen LogP contribution in [0.3, 0.4) is 0 Å². The Balaban J connectivity index is 1.62. The zero-order valence-electron chi connectivity index (χ0n) is 17.6. The molecule has 2 fully saturated rings. The van der Waals surface area contributed by atoms with E-state index in [0.717, 1.165) is 0 Å². The lowest BCUT2D eigenvalue weighted by atomic mass is 9.79. The molecule has 11 nitrogen and oxygen atoms in total. The van der Waals surface area contributed by atoms with Gasteiger partial charge < -0.3 is 30.6 Å². The highest BCUT2D eigenvalue weighted by Crippen LogP contribution is 2.38. The van der Waals surface area contributed by atoms with Crippen LogP contribution in [0.5, 0.6) is 0 Å². The summed E-state index contributed by atoms with van der Waals surface area (Å²) in [5, 5.41) is 45.1. The van der Waals surface area contributed by atoms with Crippen LogP contribution in [0.4, 0.5) is 5.82 Å². The number of ether oxygens (including phenoxy) is 1. The minimum Gasteiger partial charge on any atom is -0.394 e. The summed E-state index contributed by atoms with van der Waals surface area (Å²) in [5.41, 5.74) is 0.127. The van der Waals surface area contributed by atoms with E-state index < -0.39 is 42.2 Å². The highest BCUT2D eigenvalue weighted by Gasteiger charge is 2.46. The standard InChI is InChI=1S/C19H30N6O5/c1-18(2)5-10(6-19(3,4)25(18)29)23-15-12-16(21-8-20-15)24(9-22-12)17-14(28)13(27)11(7-26)30-17/h8-11,13-14,17,26-29H,5-7H2,1-4H3,(H,20,21,23)/t11-,13+,14-,17-/m0/s1. The van der Waals surface area contributed by atoms with Gasteiger partial charge in [0, 0.05) is 17.1 Å². The van der Waals surface area contributed by atoms with Crippen LogP contribution in [-0.2, 0) is 4.74 Å². The SMILES string of the molecule is CC1(C)CC(Nc2ncnc3c2ncn3[C@H]2O[C@@H](CO)[C@@H](O)[C@@H]2O)CC(C)(C)N1O. The normalized spacial score (nSPS) is 32.0. The molecule has 166 valence electrons. The fraction of sp³-hybridized carbons (Fsp3) is 0.737. The molecule has 0 aromatic carbocycles. The fourth-order valence-electron chi connectivity index (χ4n) is 4.82. The molecular weight excluding hydrogens is 392 g/mol. The number of fused-ring (bicyclic) bond motifs is 1. The molecule has 0 aliphatic carbocycles. The smallest absolute Gasteiger partial charge is 0.167 e. The van der Waals surface area contributed by atoms with E-state index in [-0.39, 0.29) is 6.04 Å². The van der Waals surface area contributed by atoms with Crippen LogP contribution in [0.25, 0.3) is 11.2 Å². The van der Waals surface area contributed by atoms with Crippen LogP contribution in [0.1, 0.15) is 46.8 Å². The van der Waals surface area contributed by atoms with E-state index in [1.807, 2.05) is 27.7 Å². The summed E-state index contributed by atoms with van der Waals surface area (Å²) >= 11 is 0. The molecule has 4 atom stereocenters. The topological polar surface area (TPSA) is 149 Å². The van der Waals surface area contributed by atoms with E-state index in [9.17, 15) is 20.5 Å². The monoisotopic (exact) mass is 422 g/mol. The van der Waals surface area contributed by atoms with E-state index in [1.54, 1.807) is 0 Å². The first kappa shape index (κ1) is 21.3. The lowest BCUT2D eigenvalue weighted by Crippen LogP contribution is -2.61. The van der Waals surface area contributed by atoms with Gasteiger partial charge in [-0.2, -0.15) is 5.06 Å². The van der Waals surface area contributed by atoms with E-state index in [2.05, 4.69) is 20.3 Å². The maximum atomic E-state index is 10.5. The maximum absolute atomic E-state index is 10.5. The molecule has 0 radical (unpaired) electrons. The number of aromatic nitrogens is 4. The summed E-state index contributed by atoms with van der Waals surface area (Å²) in [4.78, 5) is 13.0. The Morgan fingerprint density at radius 2 is 1.77 bits per heavy atom. The summed E-state index contributed by atoms with van der Waals surface area (Å²) in [6.07, 6.45) is 0.0697. The number of rotatable bonds is 4. The molecule has 2 aliphatic heterocycles. The van der Waals surface area contributed by atoms with Gasteiger partial charge in [-0.25, -0.2) is 15.0 Å². The number of nitrogens with zero attached hydrogens (tertiary/aromatic N) is 5. The summed E-state index contributed by atoms with van der Waals surface area (Å²) in [6.45, 7) is 7.57. The molecular formula is C19H30N6O5. The number of anilines is 1. The molecule has 5 N–H and O–H groups in total. The minimum atomic E-state index is -1.22. The number of aliphatic hydroxyl groups is 3. The highest BCUT2D eigenvalue weighted by molar-refractivity contribution is 5.82. The van der Waals surface area contributed by atoms with Crippen molar-refractivity contribution in [1.29, 1.82) is 0 Å². The van der Waals surface area contributed by atoms with Crippen molar-refractivity contribution >= 4 is 17.0 Å². The molecule has 0 unspecified atom stereocenters. The van der Waals surface area contributed by atoms with Gasteiger partial charge in [-0.05, 0) is 40.5 Å². The van der Waals surface area contributed by atoms with E-state index >= 15 is 0 Å². The molecule has 2 aliphatic rings. The number of hydrogen-bond acceptors (Lipinski definition) is 10. The Morgan fingerprint density at radius 1 is 1.10 bits per heavy atom. The molecule has 2 aromatic rings. The zero-order valence-corrected chi connectivity index (χ0v) is 17.6. The quantitative estimate of drug-likeness (QED) is 0.464. The minimum absolute atomic E-state index is 0.0514. The van der Waals surface area contributed by atoms with Gasteiger partial charge in [-0.3, -0.25) is 4.57 Å². The lowest BCUT2D eigenvalue weighted by molar-refractivity contribution is -0.243. The van der Waals surface area contributed by atoms with Gasteiger partial charge in [0.05, 0.1) is 12.9 Å². The third kappa shape index (κ3) is 3.45. The van der Waals surface area contributed by atoms with Gasteiger partial charge in [-0.15, -0.1) is 0 Å². The Hall–Kier alpha value is -1.89. The van der Waals surface area contributed by atoms with Gasteiger partial charge in [-0.1, -0.05) is 0 Å². The second-order valence-corrected chi connectivity index (χ2v) is 9.46. The van der Waals surface area contributed by atoms with Gasteiger partial charge in [0.1, 0.15) is 24.6 Å². The van der Waals surface area contributed by atoms with Gasteiger partial charge in [0.2, 0.25) is 0 Å². The Kier molecular flexibility index (Phi) is 5.24. The van der Waals surface area contributed by atoms with Gasteiger partial charge in [0.25, 0.3) is 0 Å². The highest BCUT2D eigenvalue weighted by atomic mass is 16.6. The number of hydroxylamine groups is 2. The summed E-state index contributed by atoms with van der Waals surface area (Å²) in [6, 6.07) is 0.0514. The predicted octanol–water partition coefficient (Wildman–Crippen LogP) is 0.260. The predicted molar refractivity (Wildman–Crippen MR) is 107 cm³/mol. The molecule has 2 saturated heterocycles. The van der Waals surface area contributed by atoms with Crippen molar-refractivity contribution in [3.63, 3.8) is 0 Å². The molecule has 4 rings (SSSR count). The van der Waals surface area contributed by atoms with Crippen molar-refractivity contribution in [3.05, 3.63) is 12.7 Å². The number of piperidine rings is 1. The van der Waals surface area contributed by atoms with Crippen LogP contribution >= 0.6 is 0 Å². The first-order chi connectivity index (χ1) is 14.0. The fourth-order valence-corrected chi connectivity index (χ4v) is 4.82. The Labute approximate surface area is 174 Å². The second-order valence-electron chi connectivity index (χ2n) is 9.46. The van der Waals surface area contributed by atoms with E-state index in [4.69, 9.17) is 4.74 Å². The van der Waals surface area contributed by atoms with Crippen LogP contribution in [0.15, 0.2) is 12.7 Å². The molecule has 2 aromatic heterocycles. The first-order valence-electron chi connectivity index (χ1n) is 10.1. The van der Waals surface area contributed by atoms with Crippen molar-refractivity contribution in [3.8, 4) is 0 Å². The van der Waals surface area contributed by atoms with Crippen LogP contribution in [0.2, 0.25) is 0 Å². The van der Waals surface area contributed by atoms with Crippen molar-refractivity contribution in [2.75, 3.05) is 11.9 Å². The summed E-state index contributed by atoms with van der Waals surface area (Å²) in [5.74, 6) is 0.550. The van der Waals surface area contributed by atoms with Crippen LogP contribution < -0.4 is 5.32 Å². The Bertz CT molecular complexity index is 900. The lowest BCUT2D eigenvalue weighted by Gasteiger charge is -2.51. The van der Waals surface area contributed by atoms with Crippen molar-refractivity contribution in [2.24, 2.45) is 0 Å². The molecule has 0 amide bonds. The maximum Gasteiger partial charge on any atom is 0.167 e. The average Bonchev–Trinajstić information content (AvgIpc) is 3.22. The largest absolute Gasteiger partial charge is 0.394 e. The van der Waals surface area contributed by atoms with Crippen molar-refractivity contribution in [1.82, 2.24) is 24.6 Å². The number of imidazole rings is 1. The van der Waals surface area contributed by atoms with Crippen LogP contribution in [-0.4, -0.2) is 87.1 Å². The van der Waals surface area contributed by atoms with Gasteiger partial charge in [0.15, 0.2) is 23.2 Å². The molecule has 4 heterocycles. The number of aliphatic hydroxyl groups excluding tert-OH is 3. The number of nitrogens with one attached hydrogen (secondary N) is 1.